The van der Waals surface area contributed by atoms with E-state index in [1.807, 2.05) is 0 Å². The van der Waals surface area contributed by atoms with Gasteiger partial charge in [0.05, 0.1) is 0 Å². The van der Waals surface area contributed by atoms with Crippen molar-refractivity contribution in [1.29, 1.82) is 0 Å². The summed E-state index contributed by atoms with van der Waals surface area (Å²) in [6.45, 7) is 19.9. The van der Waals surface area contributed by atoms with Crippen molar-refractivity contribution in [2.24, 2.45) is 0 Å². The van der Waals surface area contributed by atoms with Crippen LogP contribution in [0.5, 0.6) is 0 Å². The van der Waals surface area contributed by atoms with Crippen molar-refractivity contribution in [3.63, 3.8) is 0 Å². The summed E-state index contributed by atoms with van der Waals surface area (Å²) in [7, 11) is 13.5. The Morgan fingerprint density at radius 1 is 0.719 bits per heavy atom. The first-order valence-electron chi connectivity index (χ1n) is 12.1. The number of hydrogen-bond acceptors (Lipinski definition) is 2. The maximum absolute atomic E-state index is 6.75. The second-order valence-corrected chi connectivity index (χ2v) is 23.8. The summed E-state index contributed by atoms with van der Waals surface area (Å²) in [6.07, 6.45) is 1.00. The molecule has 0 aliphatic carbocycles. The zero-order valence-electron chi connectivity index (χ0n) is 21.2. The summed E-state index contributed by atoms with van der Waals surface area (Å²) >= 11 is -2.96. The van der Waals surface area contributed by atoms with Crippen LogP contribution in [0.4, 0.5) is 11.4 Å². The molecule has 32 heavy (non-hydrogen) atoms. The van der Waals surface area contributed by atoms with Crippen LogP contribution in [0, 0.1) is 0 Å². The van der Waals surface area contributed by atoms with Crippen LogP contribution in [0.1, 0.15) is 108 Å². The Morgan fingerprint density at radius 2 is 1.12 bits per heavy atom. The molecule has 0 bridgehead atoms. The SMILES string of the molecule is CC(C)c1cccc(C(C)C)c1NCCC[N](c1c(C(C)C)cccc1C(C)C)[Tl]([Cl])[Cl]. The van der Waals surface area contributed by atoms with Crippen LogP contribution < -0.4 is 8.03 Å². The number of nitrogens with one attached hydrogen (secondary N) is 1. The molecule has 0 unspecified atom stereocenters. The van der Waals surface area contributed by atoms with Crippen LogP contribution in [-0.2, 0) is 0 Å². The molecule has 0 aliphatic rings. The molecule has 1 N–H and O–H groups in total. The van der Waals surface area contributed by atoms with Crippen LogP contribution >= 0.6 is 16.6 Å². The predicted molar refractivity (Wildman–Crippen MR) is 147 cm³/mol. The van der Waals surface area contributed by atoms with Crippen molar-refractivity contribution in [2.75, 3.05) is 21.1 Å². The van der Waals surface area contributed by atoms with E-state index in [0.717, 1.165) is 19.5 Å². The number of para-hydroxylation sites is 2. The standard InChI is InChI=1S/C27H41N2.2ClH.Tl/c1-18(2)22-12-9-13-23(19(3)4)26(22)28-16-11-17-29-27-24(20(5)6)14-10-15-25(27)21(7)8;;;/h9-10,12-15,18-21,28H,11,16-17H2,1-8H3;2*1H;/q-1;;;+3/p-2. The number of hydrogen-bond donors (Lipinski definition) is 1. The molecule has 176 valence electrons. The third-order valence-corrected chi connectivity index (χ3v) is 14.1. The van der Waals surface area contributed by atoms with Gasteiger partial charge in [0.15, 0.2) is 0 Å². The predicted octanol–water partition coefficient (Wildman–Crippen LogP) is 8.95. The summed E-state index contributed by atoms with van der Waals surface area (Å²) in [5.41, 5.74) is 8.14. The average molecular weight is 669 g/mol. The van der Waals surface area contributed by atoms with Gasteiger partial charge in [-0.2, -0.15) is 0 Å². The van der Waals surface area contributed by atoms with E-state index in [0.29, 0.717) is 23.7 Å². The van der Waals surface area contributed by atoms with Crippen molar-refractivity contribution in [3.8, 4) is 0 Å². The molecule has 0 atom stereocenters. The molecule has 0 saturated carbocycles. The van der Waals surface area contributed by atoms with Crippen molar-refractivity contribution < 1.29 is 0 Å². The Bertz CT molecular complexity index is 810. The molecule has 2 aromatic carbocycles. The zero-order valence-corrected chi connectivity index (χ0v) is 27.2. The average Bonchev–Trinajstić information content (AvgIpc) is 2.72. The van der Waals surface area contributed by atoms with E-state index in [1.165, 1.54) is 33.6 Å². The monoisotopic (exact) mass is 668 g/mol. The number of anilines is 2. The van der Waals surface area contributed by atoms with Crippen molar-refractivity contribution in [1.82, 2.24) is 0 Å². The summed E-state index contributed by atoms with van der Waals surface area (Å²) in [6, 6.07) is 13.4. The normalized spacial score (nSPS) is 11.7. The first kappa shape index (κ1) is 27.8. The first-order valence-corrected chi connectivity index (χ1v) is 25.2. The van der Waals surface area contributed by atoms with Crippen LogP contribution in [0.25, 0.3) is 0 Å². The number of benzene rings is 2. The summed E-state index contributed by atoms with van der Waals surface area (Å²) in [5.74, 6) is 1.87. The van der Waals surface area contributed by atoms with Gasteiger partial charge in [0.2, 0.25) is 0 Å². The van der Waals surface area contributed by atoms with Gasteiger partial charge >= 0.3 is 214 Å². The molecule has 2 rings (SSSR count). The third-order valence-electron chi connectivity index (χ3n) is 6.12. The Hall–Kier alpha value is -0.458. The molecule has 0 fully saturated rings. The number of nitrogens with zero attached hydrogens (tertiary/aromatic N) is 1. The topological polar surface area (TPSA) is 15.3 Å². The molecular weight excluding hydrogens is 628 g/mol. The van der Waals surface area contributed by atoms with Crippen molar-refractivity contribution in [3.05, 3.63) is 58.7 Å². The van der Waals surface area contributed by atoms with Gasteiger partial charge in [0, 0.05) is 0 Å². The van der Waals surface area contributed by atoms with Gasteiger partial charge in [0.1, 0.15) is 0 Å². The van der Waals surface area contributed by atoms with Crippen molar-refractivity contribution in [2.45, 2.75) is 85.5 Å². The molecule has 5 heteroatoms. The van der Waals surface area contributed by atoms with Crippen LogP contribution in [-0.4, -0.2) is 33.6 Å². The molecule has 0 amide bonds. The van der Waals surface area contributed by atoms with Gasteiger partial charge in [-0.3, -0.25) is 0 Å². The fourth-order valence-corrected chi connectivity index (χ4v) is 11.2. The maximum atomic E-state index is 6.75. The number of halogens is 2. The fourth-order valence-electron chi connectivity index (χ4n) is 4.37. The van der Waals surface area contributed by atoms with Crippen LogP contribution in [0.3, 0.4) is 0 Å². The molecule has 2 aromatic rings. The van der Waals surface area contributed by atoms with Gasteiger partial charge in [-0.15, -0.1) is 0 Å². The molecule has 2 nitrogen and oxygen atoms in total. The van der Waals surface area contributed by atoms with Gasteiger partial charge in [-0.25, -0.2) is 0 Å². The van der Waals surface area contributed by atoms with Gasteiger partial charge in [-0.05, 0) is 0 Å². The third kappa shape index (κ3) is 7.02. The number of rotatable bonds is 11. The summed E-state index contributed by atoms with van der Waals surface area (Å²) in [5, 5.41) is 3.78. The van der Waals surface area contributed by atoms with E-state index in [1.54, 1.807) is 0 Å². The minimum absolute atomic E-state index is 0.441. The van der Waals surface area contributed by atoms with Gasteiger partial charge < -0.3 is 0 Å². The quantitative estimate of drug-likeness (QED) is 0.190. The van der Waals surface area contributed by atoms with Gasteiger partial charge in [-0.1, -0.05) is 0 Å². The Labute approximate surface area is 212 Å². The minimum atomic E-state index is -2.96. The van der Waals surface area contributed by atoms with Gasteiger partial charge in [0.25, 0.3) is 0 Å². The molecule has 0 radical (unpaired) electrons. The van der Waals surface area contributed by atoms with Crippen LogP contribution in [0.15, 0.2) is 36.4 Å². The van der Waals surface area contributed by atoms with Crippen LogP contribution in [0.2, 0.25) is 0 Å². The van der Waals surface area contributed by atoms with E-state index < -0.39 is 20.6 Å². The van der Waals surface area contributed by atoms with E-state index in [4.69, 9.17) is 16.6 Å². The fraction of sp³-hybridized carbons (Fsp3) is 0.556. The molecular formula is C27H41Cl2N2Tl. The summed E-state index contributed by atoms with van der Waals surface area (Å²) < 4.78 is 2.40. The Balaban J connectivity index is 2.24. The molecule has 0 aromatic heterocycles. The van der Waals surface area contributed by atoms with E-state index >= 15 is 0 Å². The van der Waals surface area contributed by atoms with E-state index in [2.05, 4.69) is 99.8 Å². The molecule has 0 heterocycles. The molecule has 0 aliphatic heterocycles. The van der Waals surface area contributed by atoms with Crippen molar-refractivity contribution >= 4 is 48.6 Å². The zero-order chi connectivity index (χ0) is 24.0. The first-order chi connectivity index (χ1) is 15.1. The summed E-state index contributed by atoms with van der Waals surface area (Å²) in [4.78, 5) is 0. The molecule has 0 saturated heterocycles. The molecule has 0 spiro atoms. The Morgan fingerprint density at radius 3 is 1.50 bits per heavy atom. The second kappa shape index (κ2) is 12.9. The Kier molecular flexibility index (Phi) is 11.2. The van der Waals surface area contributed by atoms with E-state index in [-0.39, 0.29) is 0 Å². The van der Waals surface area contributed by atoms with E-state index in [9.17, 15) is 0 Å². The second-order valence-electron chi connectivity index (χ2n) is 9.97.